The molecule has 0 amide bonds. The normalized spacial score (nSPS) is 16.7. The number of nitrogens with one attached hydrogen (secondary N) is 1. The van der Waals surface area contributed by atoms with E-state index in [9.17, 15) is 18.5 Å². The van der Waals surface area contributed by atoms with Crippen LogP contribution in [-0.4, -0.2) is 48.9 Å². The molecular weight excluding hydrogens is 454 g/mol. The molecule has 4 rings (SSSR count). The lowest BCUT2D eigenvalue weighted by molar-refractivity contribution is 0.0596. The highest BCUT2D eigenvalue weighted by molar-refractivity contribution is 7.89. The number of aromatic nitrogens is 2. The third-order valence-corrected chi connectivity index (χ3v) is 7.64. The van der Waals surface area contributed by atoms with Crippen LogP contribution >= 0.6 is 0 Å². The van der Waals surface area contributed by atoms with Crippen molar-refractivity contribution in [1.82, 2.24) is 14.3 Å². The summed E-state index contributed by atoms with van der Waals surface area (Å²) in [5.41, 5.74) is 2.93. The Morgan fingerprint density at radius 2 is 2.06 bits per heavy atom. The molecule has 2 heterocycles. The molecule has 0 aliphatic carbocycles. The number of nitrogens with zero attached hydrogens (tertiary/aromatic N) is 4. The number of anilines is 1. The fourth-order valence-corrected chi connectivity index (χ4v) is 5.96. The standard InChI is InChI=1S/C24H25N5O4S/c1-17-12-28(15-20-11-26-16-27-20)22-8-7-18(10-25)9-19(22)14-29(13-17)34(31,32)23-6-4-3-5-21(23)24(30)33-2/h3-9,11,16-17H,12-15H2,1-2H3,(H,26,27)/t17-/m1/s1. The van der Waals surface area contributed by atoms with Crippen molar-refractivity contribution in [3.8, 4) is 6.07 Å². The summed E-state index contributed by atoms with van der Waals surface area (Å²) in [7, 11) is -2.81. The average molecular weight is 480 g/mol. The first-order chi connectivity index (χ1) is 16.3. The SMILES string of the molecule is COC(=O)c1ccccc1S(=O)(=O)N1Cc2cc(C#N)ccc2N(Cc2cnc[nH]2)C[C@@H](C)C1. The smallest absolute Gasteiger partial charge is 0.339 e. The molecule has 0 bridgehead atoms. The molecule has 1 aliphatic rings. The summed E-state index contributed by atoms with van der Waals surface area (Å²) in [4.78, 5) is 21.5. The van der Waals surface area contributed by atoms with Crippen molar-refractivity contribution in [1.29, 1.82) is 5.26 Å². The molecule has 3 aromatic rings. The second-order valence-electron chi connectivity index (χ2n) is 8.30. The molecule has 0 radical (unpaired) electrons. The van der Waals surface area contributed by atoms with Gasteiger partial charge in [0, 0.05) is 31.5 Å². The largest absolute Gasteiger partial charge is 0.465 e. The minimum atomic E-state index is -4.04. The Morgan fingerprint density at radius 3 is 2.76 bits per heavy atom. The molecular formula is C24H25N5O4S. The zero-order chi connectivity index (χ0) is 24.3. The molecule has 0 fully saturated rings. The van der Waals surface area contributed by atoms with Crippen molar-refractivity contribution >= 4 is 21.7 Å². The number of hydrogen-bond acceptors (Lipinski definition) is 7. The third-order valence-electron chi connectivity index (χ3n) is 5.77. The van der Waals surface area contributed by atoms with Gasteiger partial charge in [-0.1, -0.05) is 19.1 Å². The summed E-state index contributed by atoms with van der Waals surface area (Å²) >= 11 is 0. The van der Waals surface area contributed by atoms with E-state index in [1.807, 2.05) is 13.0 Å². The van der Waals surface area contributed by atoms with Crippen LogP contribution in [0.1, 0.15) is 34.1 Å². The van der Waals surface area contributed by atoms with Gasteiger partial charge in [-0.3, -0.25) is 0 Å². The van der Waals surface area contributed by atoms with E-state index in [-0.39, 0.29) is 29.5 Å². The van der Waals surface area contributed by atoms with E-state index < -0.39 is 16.0 Å². The van der Waals surface area contributed by atoms with E-state index in [0.29, 0.717) is 24.2 Å². The Kier molecular flexibility index (Phi) is 6.68. The number of aromatic amines is 1. The number of hydrogen-bond donors (Lipinski definition) is 1. The number of nitriles is 1. The second-order valence-corrected chi connectivity index (χ2v) is 10.2. The monoisotopic (exact) mass is 479 g/mol. The van der Waals surface area contributed by atoms with Crippen LogP contribution < -0.4 is 4.90 Å². The maximum atomic E-state index is 13.8. The fourth-order valence-electron chi connectivity index (χ4n) is 4.24. The predicted octanol–water partition coefficient (Wildman–Crippen LogP) is 2.92. The van der Waals surface area contributed by atoms with Crippen molar-refractivity contribution in [2.45, 2.75) is 24.9 Å². The van der Waals surface area contributed by atoms with Crippen LogP contribution in [0.3, 0.4) is 0 Å². The number of methoxy groups -OCH3 is 1. The van der Waals surface area contributed by atoms with Crippen LogP contribution in [0.25, 0.3) is 0 Å². The first-order valence-electron chi connectivity index (χ1n) is 10.8. The Morgan fingerprint density at radius 1 is 1.26 bits per heavy atom. The zero-order valence-electron chi connectivity index (χ0n) is 18.9. The van der Waals surface area contributed by atoms with Gasteiger partial charge in [-0.15, -0.1) is 0 Å². The minimum Gasteiger partial charge on any atom is -0.465 e. The Balaban J connectivity index is 1.78. The highest BCUT2D eigenvalue weighted by Gasteiger charge is 2.33. The van der Waals surface area contributed by atoms with E-state index >= 15 is 0 Å². The first-order valence-corrected chi connectivity index (χ1v) is 12.2. The fraction of sp³-hybridized carbons (Fsp3) is 0.292. The predicted molar refractivity (Wildman–Crippen MR) is 125 cm³/mol. The summed E-state index contributed by atoms with van der Waals surface area (Å²) in [5, 5.41) is 9.45. The van der Waals surface area contributed by atoms with Crippen molar-refractivity contribution < 1.29 is 17.9 Å². The summed E-state index contributed by atoms with van der Waals surface area (Å²) in [6.45, 7) is 3.45. The van der Waals surface area contributed by atoms with Gasteiger partial charge in [0.15, 0.2) is 0 Å². The molecule has 0 saturated carbocycles. The van der Waals surface area contributed by atoms with Crippen molar-refractivity contribution in [2.24, 2.45) is 5.92 Å². The number of ether oxygens (including phenoxy) is 1. The molecule has 34 heavy (non-hydrogen) atoms. The second kappa shape index (κ2) is 9.67. The number of esters is 1. The summed E-state index contributed by atoms with van der Waals surface area (Å²) < 4.78 is 33.7. The topological polar surface area (TPSA) is 119 Å². The maximum absolute atomic E-state index is 13.8. The van der Waals surface area contributed by atoms with Crippen molar-refractivity contribution in [2.75, 3.05) is 25.1 Å². The number of H-pyrrole nitrogens is 1. The van der Waals surface area contributed by atoms with Crippen LogP contribution in [-0.2, 0) is 27.8 Å². The zero-order valence-corrected chi connectivity index (χ0v) is 19.7. The lowest BCUT2D eigenvalue weighted by Gasteiger charge is -2.36. The van der Waals surface area contributed by atoms with Crippen LogP contribution in [0, 0.1) is 17.2 Å². The Hall–Kier alpha value is -3.68. The van der Waals surface area contributed by atoms with Crippen LogP contribution in [0.4, 0.5) is 5.69 Å². The molecule has 1 N–H and O–H groups in total. The first kappa shape index (κ1) is 23.5. The third kappa shape index (κ3) is 4.66. The average Bonchev–Trinajstić information content (AvgIpc) is 3.34. The lowest BCUT2D eigenvalue weighted by Crippen LogP contribution is -2.42. The summed E-state index contributed by atoms with van der Waals surface area (Å²) in [5.74, 6) is -0.732. The summed E-state index contributed by atoms with van der Waals surface area (Å²) in [6, 6.07) is 13.5. The number of sulfonamides is 1. The van der Waals surface area contributed by atoms with Crippen molar-refractivity contribution in [3.05, 3.63) is 77.4 Å². The van der Waals surface area contributed by atoms with E-state index in [1.165, 1.54) is 23.5 Å². The van der Waals surface area contributed by atoms with Gasteiger partial charge in [-0.05, 0) is 41.8 Å². The summed E-state index contributed by atoms with van der Waals surface area (Å²) in [6.07, 6.45) is 3.38. The molecule has 1 atom stereocenters. The van der Waals surface area contributed by atoms with E-state index in [0.717, 1.165) is 11.4 Å². The maximum Gasteiger partial charge on any atom is 0.339 e. The van der Waals surface area contributed by atoms with Gasteiger partial charge in [0.2, 0.25) is 10.0 Å². The Bertz CT molecular complexity index is 1330. The quantitative estimate of drug-likeness (QED) is 0.559. The molecule has 1 aromatic heterocycles. The lowest BCUT2D eigenvalue weighted by atomic mass is 10.0. The van der Waals surface area contributed by atoms with Crippen LogP contribution in [0.15, 0.2) is 59.9 Å². The molecule has 9 nitrogen and oxygen atoms in total. The van der Waals surface area contributed by atoms with Gasteiger partial charge >= 0.3 is 5.97 Å². The van der Waals surface area contributed by atoms with Gasteiger partial charge in [-0.25, -0.2) is 18.2 Å². The van der Waals surface area contributed by atoms with Gasteiger partial charge in [0.25, 0.3) is 0 Å². The highest BCUT2D eigenvalue weighted by Crippen LogP contribution is 2.32. The van der Waals surface area contributed by atoms with E-state index in [1.54, 1.807) is 36.8 Å². The van der Waals surface area contributed by atoms with E-state index in [2.05, 4.69) is 20.9 Å². The van der Waals surface area contributed by atoms with Crippen molar-refractivity contribution in [3.63, 3.8) is 0 Å². The van der Waals surface area contributed by atoms with Gasteiger partial charge in [0.05, 0.1) is 47.8 Å². The minimum absolute atomic E-state index is 0.00779. The number of rotatable bonds is 5. The highest BCUT2D eigenvalue weighted by atomic mass is 32.2. The Labute approximate surface area is 198 Å². The molecule has 1 aliphatic heterocycles. The molecule has 176 valence electrons. The number of carbonyl (C=O) groups is 1. The molecule has 0 spiro atoms. The van der Waals surface area contributed by atoms with Gasteiger partial charge in [-0.2, -0.15) is 9.57 Å². The van der Waals surface area contributed by atoms with Crippen LogP contribution in [0.5, 0.6) is 0 Å². The number of fused-ring (bicyclic) bond motifs is 1. The number of benzene rings is 2. The van der Waals surface area contributed by atoms with Gasteiger partial charge in [0.1, 0.15) is 0 Å². The molecule has 10 heteroatoms. The van der Waals surface area contributed by atoms with Crippen LogP contribution in [0.2, 0.25) is 0 Å². The number of carbonyl (C=O) groups excluding carboxylic acids is 1. The molecule has 2 aromatic carbocycles. The van der Waals surface area contributed by atoms with E-state index in [4.69, 9.17) is 4.74 Å². The molecule has 0 unspecified atom stereocenters. The number of imidazole rings is 1. The van der Waals surface area contributed by atoms with Gasteiger partial charge < -0.3 is 14.6 Å². The molecule has 0 saturated heterocycles.